The normalized spacial score (nSPS) is 27.5. The first-order valence-corrected chi connectivity index (χ1v) is 5.04. The Morgan fingerprint density at radius 3 is 3.00 bits per heavy atom. The Kier molecular flexibility index (Phi) is 4.70. The van der Waals surface area contributed by atoms with Crippen molar-refractivity contribution in [1.82, 2.24) is 4.90 Å². The van der Waals surface area contributed by atoms with Gasteiger partial charge in [0, 0.05) is 32.8 Å². The van der Waals surface area contributed by atoms with Crippen LogP contribution >= 0.6 is 0 Å². The van der Waals surface area contributed by atoms with Gasteiger partial charge in [-0.2, -0.15) is 0 Å². The minimum absolute atomic E-state index is 0.563. The zero-order valence-corrected chi connectivity index (χ0v) is 8.95. The Bertz CT molecular complexity index is 141. The van der Waals surface area contributed by atoms with Crippen LogP contribution in [0.5, 0.6) is 0 Å². The lowest BCUT2D eigenvalue weighted by Gasteiger charge is -2.34. The van der Waals surface area contributed by atoms with E-state index < -0.39 is 0 Å². The van der Waals surface area contributed by atoms with E-state index in [1.807, 2.05) is 0 Å². The summed E-state index contributed by atoms with van der Waals surface area (Å²) in [6.45, 7) is 9.24. The van der Waals surface area contributed by atoms with E-state index >= 15 is 0 Å². The van der Waals surface area contributed by atoms with Gasteiger partial charge in [0.05, 0.1) is 13.2 Å². The lowest BCUT2D eigenvalue weighted by molar-refractivity contribution is -0.0114. The van der Waals surface area contributed by atoms with Crippen molar-refractivity contribution < 1.29 is 9.47 Å². The second-order valence-corrected chi connectivity index (χ2v) is 3.98. The zero-order valence-electron chi connectivity index (χ0n) is 8.95. The van der Waals surface area contributed by atoms with Gasteiger partial charge in [-0.15, -0.1) is 0 Å². The van der Waals surface area contributed by atoms with Crippen LogP contribution in [0.2, 0.25) is 0 Å². The van der Waals surface area contributed by atoms with E-state index in [0.717, 1.165) is 32.9 Å². The molecule has 1 saturated heterocycles. The minimum Gasteiger partial charge on any atom is -0.384 e. The van der Waals surface area contributed by atoms with Crippen molar-refractivity contribution in [2.75, 3.05) is 40.0 Å². The van der Waals surface area contributed by atoms with Crippen LogP contribution in [-0.2, 0) is 9.47 Å². The Hall–Kier alpha value is -0.120. The molecule has 78 valence electrons. The molecule has 0 spiro atoms. The van der Waals surface area contributed by atoms with E-state index in [1.165, 1.54) is 0 Å². The second-order valence-electron chi connectivity index (χ2n) is 3.98. The number of nitrogens with zero attached hydrogens (tertiary/aromatic N) is 1. The summed E-state index contributed by atoms with van der Waals surface area (Å²) in [7, 11) is 1.76. The molecule has 1 heterocycles. The molecule has 0 radical (unpaired) electrons. The molecule has 0 unspecified atom stereocenters. The van der Waals surface area contributed by atoms with Crippen LogP contribution in [0.15, 0.2) is 0 Å². The third kappa shape index (κ3) is 3.63. The van der Waals surface area contributed by atoms with Gasteiger partial charge in [0.15, 0.2) is 0 Å². The molecule has 0 saturated carbocycles. The average Bonchev–Trinajstić information content (AvgIpc) is 2.09. The monoisotopic (exact) mass is 187 g/mol. The molecule has 1 fully saturated rings. The van der Waals surface area contributed by atoms with Gasteiger partial charge < -0.3 is 9.47 Å². The van der Waals surface area contributed by atoms with Crippen molar-refractivity contribution in [3.63, 3.8) is 0 Å². The van der Waals surface area contributed by atoms with E-state index in [-0.39, 0.29) is 0 Å². The van der Waals surface area contributed by atoms with Crippen molar-refractivity contribution >= 4 is 0 Å². The number of methoxy groups -OCH3 is 1. The highest BCUT2D eigenvalue weighted by atomic mass is 16.5. The van der Waals surface area contributed by atoms with Gasteiger partial charge in [0.2, 0.25) is 0 Å². The highest BCUT2D eigenvalue weighted by Crippen LogP contribution is 2.09. The average molecular weight is 187 g/mol. The standard InChI is InChI=1S/C10H21NO2/c1-9(7-12-3)6-11-4-5-13-8-10(11)2/h9-10H,4-8H2,1-3H3/t9-,10+/m0/s1. The van der Waals surface area contributed by atoms with Crippen LogP contribution in [0, 0.1) is 5.92 Å². The molecule has 0 N–H and O–H groups in total. The van der Waals surface area contributed by atoms with Gasteiger partial charge in [-0.3, -0.25) is 4.90 Å². The van der Waals surface area contributed by atoms with Crippen LogP contribution in [0.1, 0.15) is 13.8 Å². The summed E-state index contributed by atoms with van der Waals surface area (Å²) in [5.41, 5.74) is 0. The second kappa shape index (κ2) is 5.58. The van der Waals surface area contributed by atoms with Crippen LogP contribution in [0.4, 0.5) is 0 Å². The fourth-order valence-electron chi connectivity index (χ4n) is 1.77. The number of hydrogen-bond donors (Lipinski definition) is 0. The first-order valence-electron chi connectivity index (χ1n) is 5.04. The molecule has 0 aromatic heterocycles. The Morgan fingerprint density at radius 1 is 1.62 bits per heavy atom. The summed E-state index contributed by atoms with van der Waals surface area (Å²) in [5, 5.41) is 0. The maximum atomic E-state index is 5.38. The number of rotatable bonds is 4. The third-order valence-electron chi connectivity index (χ3n) is 2.50. The van der Waals surface area contributed by atoms with Gasteiger partial charge >= 0.3 is 0 Å². The molecular weight excluding hydrogens is 166 g/mol. The molecule has 13 heavy (non-hydrogen) atoms. The van der Waals surface area contributed by atoms with Gasteiger partial charge in [-0.25, -0.2) is 0 Å². The van der Waals surface area contributed by atoms with E-state index in [0.29, 0.717) is 12.0 Å². The SMILES string of the molecule is COC[C@@H](C)CN1CCOC[C@H]1C. The lowest BCUT2D eigenvalue weighted by atomic mass is 10.1. The molecule has 1 aliphatic heterocycles. The summed E-state index contributed by atoms with van der Waals surface area (Å²) in [5.74, 6) is 0.616. The molecule has 1 aliphatic rings. The molecule has 2 atom stereocenters. The fraction of sp³-hybridized carbons (Fsp3) is 1.00. The smallest absolute Gasteiger partial charge is 0.0619 e. The molecule has 0 bridgehead atoms. The van der Waals surface area contributed by atoms with Crippen LogP contribution in [0.25, 0.3) is 0 Å². The van der Waals surface area contributed by atoms with Crippen molar-refractivity contribution in [2.45, 2.75) is 19.9 Å². The topological polar surface area (TPSA) is 21.7 Å². The maximum Gasteiger partial charge on any atom is 0.0619 e. The Morgan fingerprint density at radius 2 is 2.38 bits per heavy atom. The first-order chi connectivity index (χ1) is 6.24. The summed E-state index contributed by atoms with van der Waals surface area (Å²) in [6, 6.07) is 0.563. The molecule has 3 heteroatoms. The van der Waals surface area contributed by atoms with E-state index in [2.05, 4.69) is 18.7 Å². The van der Waals surface area contributed by atoms with Crippen molar-refractivity contribution in [3.8, 4) is 0 Å². The fourth-order valence-corrected chi connectivity index (χ4v) is 1.77. The zero-order chi connectivity index (χ0) is 9.68. The van der Waals surface area contributed by atoms with Gasteiger partial charge in [0.25, 0.3) is 0 Å². The largest absolute Gasteiger partial charge is 0.384 e. The summed E-state index contributed by atoms with van der Waals surface area (Å²) < 4.78 is 10.5. The highest BCUT2D eigenvalue weighted by Gasteiger charge is 2.20. The summed E-state index contributed by atoms with van der Waals surface area (Å²) in [6.07, 6.45) is 0. The Balaban J connectivity index is 2.25. The maximum absolute atomic E-state index is 5.38. The molecule has 0 amide bonds. The van der Waals surface area contributed by atoms with Gasteiger partial charge in [-0.05, 0) is 12.8 Å². The number of ether oxygens (including phenoxy) is 2. The minimum atomic E-state index is 0.563. The van der Waals surface area contributed by atoms with Crippen LogP contribution in [-0.4, -0.2) is 51.0 Å². The van der Waals surface area contributed by atoms with Crippen molar-refractivity contribution in [1.29, 1.82) is 0 Å². The number of hydrogen-bond acceptors (Lipinski definition) is 3. The molecule has 3 nitrogen and oxygen atoms in total. The number of morpholine rings is 1. The van der Waals surface area contributed by atoms with Crippen LogP contribution in [0.3, 0.4) is 0 Å². The quantitative estimate of drug-likeness (QED) is 0.655. The van der Waals surface area contributed by atoms with Gasteiger partial charge in [0.1, 0.15) is 0 Å². The highest BCUT2D eigenvalue weighted by molar-refractivity contribution is 4.72. The molecule has 0 aliphatic carbocycles. The predicted molar refractivity (Wildman–Crippen MR) is 52.9 cm³/mol. The molecule has 1 rings (SSSR count). The predicted octanol–water partition coefficient (Wildman–Crippen LogP) is 0.990. The van der Waals surface area contributed by atoms with E-state index in [9.17, 15) is 0 Å². The van der Waals surface area contributed by atoms with Crippen molar-refractivity contribution in [3.05, 3.63) is 0 Å². The molecular formula is C10H21NO2. The van der Waals surface area contributed by atoms with Crippen LogP contribution < -0.4 is 0 Å². The summed E-state index contributed by atoms with van der Waals surface area (Å²) >= 11 is 0. The Labute approximate surface area is 81.0 Å². The van der Waals surface area contributed by atoms with Gasteiger partial charge in [-0.1, -0.05) is 6.92 Å². The molecule has 0 aromatic carbocycles. The lowest BCUT2D eigenvalue weighted by Crippen LogP contribution is -2.45. The summed E-state index contributed by atoms with van der Waals surface area (Å²) in [4.78, 5) is 2.48. The van der Waals surface area contributed by atoms with E-state index in [1.54, 1.807) is 7.11 Å². The first kappa shape index (κ1) is 11.0. The van der Waals surface area contributed by atoms with Crippen molar-refractivity contribution in [2.24, 2.45) is 5.92 Å². The third-order valence-corrected chi connectivity index (χ3v) is 2.50. The van der Waals surface area contributed by atoms with E-state index in [4.69, 9.17) is 9.47 Å². The molecule has 0 aromatic rings.